The van der Waals surface area contributed by atoms with Gasteiger partial charge in [-0.25, -0.2) is 4.98 Å². The highest BCUT2D eigenvalue weighted by Crippen LogP contribution is 2.32. The van der Waals surface area contributed by atoms with Gasteiger partial charge >= 0.3 is 6.18 Å². The number of amides is 1. The average molecular weight is 454 g/mol. The lowest BCUT2D eigenvalue weighted by Crippen LogP contribution is -2.42. The molecule has 5 nitrogen and oxygen atoms in total. The number of Topliss-reactive ketones (excluding diaryl/α,β-unsaturated/α-hetero) is 1. The fourth-order valence-corrected chi connectivity index (χ4v) is 4.09. The first-order valence-corrected chi connectivity index (χ1v) is 10.9. The van der Waals surface area contributed by atoms with Crippen LogP contribution in [0.25, 0.3) is 10.2 Å². The maximum absolute atomic E-state index is 13.4. The van der Waals surface area contributed by atoms with Crippen LogP contribution >= 0.6 is 11.3 Å². The van der Waals surface area contributed by atoms with Crippen LogP contribution in [0.2, 0.25) is 0 Å². The van der Waals surface area contributed by atoms with E-state index in [0.717, 1.165) is 10.8 Å². The Balaban J connectivity index is 2.32. The van der Waals surface area contributed by atoms with E-state index in [1.807, 2.05) is 12.1 Å². The van der Waals surface area contributed by atoms with E-state index < -0.39 is 35.1 Å². The number of hydrogen-bond acceptors (Lipinski definition) is 5. The zero-order valence-electron chi connectivity index (χ0n) is 17.5. The molecule has 0 aliphatic carbocycles. The van der Waals surface area contributed by atoms with E-state index in [2.05, 4.69) is 10.3 Å². The standard InChI is InChI=1S/C22H26F3N3O2S/c1-3-9-14(15(4-2)22(23,24)25)20(30)27-17(11-7-8-13-26)19(29)21-28-16-10-5-6-12-18(16)31-21/h4-6,9-10,12,17H,3,7-8,11,13,26H2,1-2H3,(H,27,30)/b14-9+,15-4+. The Morgan fingerprint density at radius 3 is 2.55 bits per heavy atom. The Hall–Kier alpha value is -2.52. The first-order valence-electron chi connectivity index (χ1n) is 10.1. The van der Waals surface area contributed by atoms with Crippen LogP contribution in [0.3, 0.4) is 0 Å². The highest BCUT2D eigenvalue weighted by molar-refractivity contribution is 7.20. The summed E-state index contributed by atoms with van der Waals surface area (Å²) in [6.45, 7) is 3.28. The van der Waals surface area contributed by atoms with Crippen molar-refractivity contribution in [2.24, 2.45) is 5.73 Å². The molecule has 0 aliphatic rings. The van der Waals surface area contributed by atoms with Crippen LogP contribution in [0, 0.1) is 0 Å². The van der Waals surface area contributed by atoms with Crippen LogP contribution in [-0.2, 0) is 4.79 Å². The van der Waals surface area contributed by atoms with Crippen molar-refractivity contribution in [2.45, 2.75) is 51.7 Å². The molecular formula is C22H26F3N3O2S. The molecule has 0 fully saturated rings. The van der Waals surface area contributed by atoms with Gasteiger partial charge in [-0.05, 0) is 51.3 Å². The van der Waals surface area contributed by atoms with Crippen LogP contribution < -0.4 is 11.1 Å². The number of halogens is 3. The van der Waals surface area contributed by atoms with Gasteiger partial charge in [0.2, 0.25) is 5.78 Å². The summed E-state index contributed by atoms with van der Waals surface area (Å²) in [6, 6.07) is 6.23. The molecule has 1 amide bonds. The molecule has 168 valence electrons. The quantitative estimate of drug-likeness (QED) is 0.231. The molecule has 1 aromatic carbocycles. The molecule has 2 aromatic rings. The number of ketones is 1. The fourth-order valence-electron chi connectivity index (χ4n) is 3.13. The molecular weight excluding hydrogens is 427 g/mol. The number of unbranched alkanes of at least 4 members (excludes halogenated alkanes) is 1. The number of thiazole rings is 1. The maximum Gasteiger partial charge on any atom is 0.416 e. The number of rotatable bonds is 10. The van der Waals surface area contributed by atoms with Crippen LogP contribution in [0.5, 0.6) is 0 Å². The Morgan fingerprint density at radius 2 is 1.97 bits per heavy atom. The zero-order chi connectivity index (χ0) is 23.0. The summed E-state index contributed by atoms with van der Waals surface area (Å²) < 4.78 is 41.0. The highest BCUT2D eigenvalue weighted by atomic mass is 32.1. The molecule has 1 unspecified atom stereocenters. The lowest BCUT2D eigenvalue weighted by molar-refractivity contribution is -0.120. The number of hydrogen-bond donors (Lipinski definition) is 2. The van der Waals surface area contributed by atoms with Gasteiger partial charge in [0.15, 0.2) is 5.01 Å². The van der Waals surface area contributed by atoms with Crippen LogP contribution in [-0.4, -0.2) is 35.4 Å². The fraction of sp³-hybridized carbons (Fsp3) is 0.409. The number of carbonyl (C=O) groups is 2. The Bertz CT molecular complexity index is 947. The minimum absolute atomic E-state index is 0.211. The zero-order valence-corrected chi connectivity index (χ0v) is 18.3. The van der Waals surface area contributed by atoms with Crippen molar-refractivity contribution in [3.63, 3.8) is 0 Å². The van der Waals surface area contributed by atoms with Crippen molar-refractivity contribution >= 4 is 33.2 Å². The van der Waals surface area contributed by atoms with Gasteiger partial charge in [0, 0.05) is 5.57 Å². The van der Waals surface area contributed by atoms with Gasteiger partial charge in [0.25, 0.3) is 5.91 Å². The van der Waals surface area contributed by atoms with Crippen molar-refractivity contribution < 1.29 is 22.8 Å². The van der Waals surface area contributed by atoms with Gasteiger partial charge in [-0.15, -0.1) is 11.3 Å². The molecule has 0 aliphatic heterocycles. The molecule has 0 radical (unpaired) electrons. The summed E-state index contributed by atoms with van der Waals surface area (Å²) in [4.78, 5) is 30.3. The number of aromatic nitrogens is 1. The second kappa shape index (κ2) is 11.2. The molecule has 2 rings (SSSR count). The number of allylic oxidation sites excluding steroid dienone is 2. The molecule has 0 spiro atoms. The summed E-state index contributed by atoms with van der Waals surface area (Å²) in [5, 5.41) is 2.73. The van der Waals surface area contributed by atoms with E-state index in [1.165, 1.54) is 24.3 Å². The second-order valence-corrected chi connectivity index (χ2v) is 7.92. The van der Waals surface area contributed by atoms with Crippen molar-refractivity contribution in [1.29, 1.82) is 0 Å². The topological polar surface area (TPSA) is 85.1 Å². The van der Waals surface area contributed by atoms with Gasteiger partial charge in [-0.1, -0.05) is 31.2 Å². The van der Waals surface area contributed by atoms with E-state index in [4.69, 9.17) is 5.73 Å². The molecule has 1 aromatic heterocycles. The lowest BCUT2D eigenvalue weighted by Gasteiger charge is -2.20. The van der Waals surface area contributed by atoms with Gasteiger partial charge in [0.05, 0.1) is 21.8 Å². The number of nitrogens with zero attached hydrogens (tertiary/aromatic N) is 1. The number of nitrogens with one attached hydrogen (secondary N) is 1. The predicted octanol–water partition coefficient (Wildman–Crippen LogP) is 4.94. The minimum Gasteiger partial charge on any atom is -0.342 e. The van der Waals surface area contributed by atoms with Crippen LogP contribution in [0.1, 0.15) is 49.3 Å². The third-order valence-electron chi connectivity index (χ3n) is 4.61. The van der Waals surface area contributed by atoms with E-state index in [9.17, 15) is 22.8 Å². The summed E-state index contributed by atoms with van der Waals surface area (Å²) >= 11 is 1.19. The molecule has 31 heavy (non-hydrogen) atoms. The molecule has 3 N–H and O–H groups in total. The van der Waals surface area contributed by atoms with Gasteiger partial charge in [0.1, 0.15) is 0 Å². The van der Waals surface area contributed by atoms with E-state index >= 15 is 0 Å². The largest absolute Gasteiger partial charge is 0.416 e. The number of alkyl halides is 3. The normalized spacial score (nSPS) is 14.0. The third-order valence-corrected chi connectivity index (χ3v) is 5.66. The van der Waals surface area contributed by atoms with E-state index in [0.29, 0.717) is 24.9 Å². The summed E-state index contributed by atoms with van der Waals surface area (Å²) in [5.41, 5.74) is 4.66. The number of carbonyl (C=O) groups excluding carboxylic acids is 2. The Morgan fingerprint density at radius 1 is 1.26 bits per heavy atom. The number of benzene rings is 1. The summed E-state index contributed by atoms with van der Waals surface area (Å²) in [6.07, 6.45) is -0.940. The van der Waals surface area contributed by atoms with E-state index in [1.54, 1.807) is 19.1 Å². The molecule has 0 saturated carbocycles. The lowest BCUT2D eigenvalue weighted by atomic mass is 10.0. The monoisotopic (exact) mass is 453 g/mol. The van der Waals surface area contributed by atoms with Gasteiger partial charge < -0.3 is 11.1 Å². The minimum atomic E-state index is -4.68. The predicted molar refractivity (Wildman–Crippen MR) is 117 cm³/mol. The molecule has 0 saturated heterocycles. The highest BCUT2D eigenvalue weighted by Gasteiger charge is 2.38. The van der Waals surface area contributed by atoms with Gasteiger partial charge in [-0.2, -0.15) is 13.2 Å². The van der Waals surface area contributed by atoms with Gasteiger partial charge in [-0.3, -0.25) is 9.59 Å². The maximum atomic E-state index is 13.4. The first-order chi connectivity index (χ1) is 14.7. The first kappa shape index (κ1) is 24.7. The number of nitrogens with two attached hydrogens (primary N) is 1. The van der Waals surface area contributed by atoms with Crippen LogP contribution in [0.15, 0.2) is 47.6 Å². The van der Waals surface area contributed by atoms with Crippen molar-refractivity contribution in [1.82, 2.24) is 10.3 Å². The second-order valence-electron chi connectivity index (χ2n) is 6.89. The van der Waals surface area contributed by atoms with E-state index in [-0.39, 0.29) is 17.8 Å². The Labute approximate surface area is 183 Å². The average Bonchev–Trinajstić information content (AvgIpc) is 3.15. The smallest absolute Gasteiger partial charge is 0.342 e. The number of para-hydroxylation sites is 1. The molecule has 9 heteroatoms. The molecule has 0 bridgehead atoms. The molecule has 1 atom stereocenters. The molecule has 1 heterocycles. The van der Waals surface area contributed by atoms with Crippen molar-refractivity contribution in [3.8, 4) is 0 Å². The van der Waals surface area contributed by atoms with Crippen LogP contribution in [0.4, 0.5) is 13.2 Å². The Kier molecular flexibility index (Phi) is 8.94. The third kappa shape index (κ3) is 6.48. The van der Waals surface area contributed by atoms with Crippen molar-refractivity contribution in [3.05, 3.63) is 52.6 Å². The SMILES string of the molecule is C/C=C(\C(=C/CC)C(=O)NC(CCCCN)C(=O)c1nc2ccccc2s1)C(F)(F)F. The number of fused-ring (bicyclic) bond motifs is 1. The van der Waals surface area contributed by atoms with Crippen molar-refractivity contribution in [2.75, 3.05) is 6.54 Å². The summed E-state index contributed by atoms with van der Waals surface area (Å²) in [5.74, 6) is -1.35. The summed E-state index contributed by atoms with van der Waals surface area (Å²) in [7, 11) is 0.